The average Bonchev–Trinajstić information content (AvgIpc) is 2.63. The first-order valence-electron chi connectivity index (χ1n) is 9.18. The lowest BCUT2D eigenvalue weighted by Crippen LogP contribution is -2.49. The fraction of sp³-hybridized carbons (Fsp3) is 0.579. The van der Waals surface area contributed by atoms with Gasteiger partial charge in [-0.2, -0.15) is 0 Å². The molecule has 2 rings (SSSR count). The van der Waals surface area contributed by atoms with Crippen molar-refractivity contribution in [2.45, 2.75) is 13.0 Å². The van der Waals surface area contributed by atoms with Crippen LogP contribution < -0.4 is 15.5 Å². The molecule has 1 aliphatic rings. The number of anilines is 1. The first-order valence-corrected chi connectivity index (χ1v) is 9.18. The van der Waals surface area contributed by atoms with E-state index in [2.05, 4.69) is 56.6 Å². The summed E-state index contributed by atoms with van der Waals surface area (Å²) in [6, 6.07) is 8.44. The molecule has 0 aromatic heterocycles. The van der Waals surface area contributed by atoms with Crippen molar-refractivity contribution < 1.29 is 9.59 Å². The normalized spacial score (nSPS) is 16.8. The van der Waals surface area contributed by atoms with E-state index in [0.717, 1.165) is 37.4 Å². The van der Waals surface area contributed by atoms with Crippen LogP contribution in [0.25, 0.3) is 0 Å². The van der Waals surface area contributed by atoms with Gasteiger partial charge in [-0.1, -0.05) is 12.1 Å². The molecule has 1 aliphatic heterocycles. The quantitative estimate of drug-likeness (QED) is 0.713. The maximum atomic E-state index is 12.0. The molecule has 1 atom stereocenters. The van der Waals surface area contributed by atoms with Gasteiger partial charge in [-0.05, 0) is 31.7 Å². The van der Waals surface area contributed by atoms with E-state index in [1.54, 1.807) is 6.92 Å². The zero-order chi connectivity index (χ0) is 19.1. The summed E-state index contributed by atoms with van der Waals surface area (Å²) in [7, 11) is 6.15. The van der Waals surface area contributed by atoms with Gasteiger partial charge in [0.25, 0.3) is 0 Å². The molecule has 0 radical (unpaired) electrons. The molecule has 1 aromatic rings. The van der Waals surface area contributed by atoms with Crippen LogP contribution in [0, 0.1) is 0 Å². The number of amides is 2. The molecular formula is C19H31N5O2. The predicted octanol–water partition coefficient (Wildman–Crippen LogP) is 0.293. The van der Waals surface area contributed by atoms with Gasteiger partial charge in [0.2, 0.25) is 0 Å². The zero-order valence-corrected chi connectivity index (χ0v) is 16.3. The molecule has 7 nitrogen and oxygen atoms in total. The van der Waals surface area contributed by atoms with Crippen LogP contribution in [-0.4, -0.2) is 82.0 Å². The van der Waals surface area contributed by atoms with Gasteiger partial charge < -0.3 is 20.4 Å². The Morgan fingerprint density at radius 1 is 1.04 bits per heavy atom. The number of likely N-dealkylation sites (N-methyl/N-ethyl adjacent to an activating group) is 2. The molecule has 0 aliphatic carbocycles. The highest BCUT2D eigenvalue weighted by Gasteiger charge is 2.25. The second kappa shape index (κ2) is 9.54. The van der Waals surface area contributed by atoms with Crippen LogP contribution >= 0.6 is 0 Å². The van der Waals surface area contributed by atoms with Gasteiger partial charge in [0.05, 0.1) is 6.04 Å². The first kappa shape index (κ1) is 20.2. The molecule has 2 amide bonds. The number of rotatable bonds is 6. The summed E-state index contributed by atoms with van der Waals surface area (Å²) in [4.78, 5) is 30.4. The molecule has 0 spiro atoms. The molecule has 1 heterocycles. The topological polar surface area (TPSA) is 67.9 Å². The zero-order valence-electron chi connectivity index (χ0n) is 16.3. The number of nitrogens with one attached hydrogen (secondary N) is 2. The van der Waals surface area contributed by atoms with Crippen molar-refractivity contribution in [2.75, 3.05) is 65.3 Å². The lowest BCUT2D eigenvalue weighted by molar-refractivity contribution is -0.139. The van der Waals surface area contributed by atoms with Crippen molar-refractivity contribution in [3.63, 3.8) is 0 Å². The van der Waals surface area contributed by atoms with Gasteiger partial charge in [-0.25, -0.2) is 0 Å². The number of hydrogen-bond acceptors (Lipinski definition) is 5. The maximum Gasteiger partial charge on any atom is 0.309 e. The van der Waals surface area contributed by atoms with E-state index in [4.69, 9.17) is 0 Å². The highest BCUT2D eigenvalue weighted by atomic mass is 16.2. The number of benzene rings is 1. The highest BCUT2D eigenvalue weighted by molar-refractivity contribution is 6.35. The Kier molecular flexibility index (Phi) is 7.41. The third-order valence-corrected chi connectivity index (χ3v) is 4.77. The Morgan fingerprint density at radius 2 is 1.62 bits per heavy atom. The molecule has 2 N–H and O–H groups in total. The van der Waals surface area contributed by atoms with E-state index in [0.29, 0.717) is 13.1 Å². The summed E-state index contributed by atoms with van der Waals surface area (Å²) in [5.41, 5.74) is 2.29. The minimum atomic E-state index is -0.576. The van der Waals surface area contributed by atoms with Gasteiger partial charge in [-0.15, -0.1) is 0 Å². The standard InChI is InChI=1S/C19H31N5O2/c1-5-20-18(25)19(26)21-14-17(24-12-10-23(4)11-13-24)15-6-8-16(9-7-15)22(2)3/h6-9,17H,5,10-14H2,1-4H3,(H,20,25)(H,21,26)/t17-/m0/s1. The molecule has 144 valence electrons. The highest BCUT2D eigenvalue weighted by Crippen LogP contribution is 2.24. The van der Waals surface area contributed by atoms with E-state index < -0.39 is 11.8 Å². The van der Waals surface area contributed by atoms with Gasteiger partial charge in [-0.3, -0.25) is 14.5 Å². The summed E-state index contributed by atoms with van der Waals surface area (Å²) in [5, 5.41) is 5.33. The van der Waals surface area contributed by atoms with E-state index in [-0.39, 0.29) is 6.04 Å². The van der Waals surface area contributed by atoms with E-state index in [9.17, 15) is 9.59 Å². The van der Waals surface area contributed by atoms with Crippen LogP contribution in [0.3, 0.4) is 0 Å². The SMILES string of the molecule is CCNC(=O)C(=O)NC[C@@H](c1ccc(N(C)C)cc1)N1CCN(C)CC1. The summed E-state index contributed by atoms with van der Waals surface area (Å²) in [6.07, 6.45) is 0. The third-order valence-electron chi connectivity index (χ3n) is 4.77. The minimum Gasteiger partial charge on any atom is -0.378 e. The van der Waals surface area contributed by atoms with E-state index in [1.165, 1.54) is 0 Å². The smallest absolute Gasteiger partial charge is 0.309 e. The van der Waals surface area contributed by atoms with Crippen molar-refractivity contribution in [1.29, 1.82) is 0 Å². The number of piperazine rings is 1. The number of nitrogens with zero attached hydrogens (tertiary/aromatic N) is 3. The Balaban J connectivity index is 2.11. The van der Waals surface area contributed by atoms with Gasteiger partial charge >= 0.3 is 11.8 Å². The van der Waals surface area contributed by atoms with Gasteiger partial charge in [0, 0.05) is 59.1 Å². The van der Waals surface area contributed by atoms with Crippen molar-refractivity contribution >= 4 is 17.5 Å². The van der Waals surface area contributed by atoms with Crippen molar-refractivity contribution in [2.24, 2.45) is 0 Å². The molecule has 0 unspecified atom stereocenters. The molecule has 7 heteroatoms. The fourth-order valence-electron chi connectivity index (χ4n) is 3.10. The third kappa shape index (κ3) is 5.44. The Hall–Kier alpha value is -2.12. The molecule has 0 bridgehead atoms. The molecule has 1 saturated heterocycles. The van der Waals surface area contributed by atoms with Crippen LogP contribution in [0.4, 0.5) is 5.69 Å². The molecule has 26 heavy (non-hydrogen) atoms. The monoisotopic (exact) mass is 361 g/mol. The summed E-state index contributed by atoms with van der Waals surface area (Å²) in [6.45, 7) is 6.53. The van der Waals surface area contributed by atoms with Crippen LogP contribution in [0.2, 0.25) is 0 Å². The van der Waals surface area contributed by atoms with Crippen LogP contribution in [0.15, 0.2) is 24.3 Å². The molecular weight excluding hydrogens is 330 g/mol. The Bertz CT molecular complexity index is 594. The van der Waals surface area contributed by atoms with Crippen molar-refractivity contribution in [3.8, 4) is 0 Å². The van der Waals surface area contributed by atoms with Gasteiger partial charge in [0.15, 0.2) is 0 Å². The number of hydrogen-bond donors (Lipinski definition) is 2. The summed E-state index contributed by atoms with van der Waals surface area (Å²) >= 11 is 0. The Labute approximate surface area is 156 Å². The maximum absolute atomic E-state index is 12.0. The second-order valence-corrected chi connectivity index (χ2v) is 6.91. The van der Waals surface area contributed by atoms with Crippen LogP contribution in [0.5, 0.6) is 0 Å². The Morgan fingerprint density at radius 3 is 2.15 bits per heavy atom. The second-order valence-electron chi connectivity index (χ2n) is 6.91. The lowest BCUT2D eigenvalue weighted by Gasteiger charge is -2.38. The summed E-state index contributed by atoms with van der Waals surface area (Å²) in [5.74, 6) is -1.15. The minimum absolute atomic E-state index is 0.0540. The largest absolute Gasteiger partial charge is 0.378 e. The summed E-state index contributed by atoms with van der Waals surface area (Å²) < 4.78 is 0. The van der Waals surface area contributed by atoms with Crippen molar-refractivity contribution in [1.82, 2.24) is 20.4 Å². The van der Waals surface area contributed by atoms with E-state index in [1.807, 2.05) is 14.1 Å². The van der Waals surface area contributed by atoms with Crippen molar-refractivity contribution in [3.05, 3.63) is 29.8 Å². The molecule has 1 aromatic carbocycles. The van der Waals surface area contributed by atoms with E-state index >= 15 is 0 Å². The predicted molar refractivity (Wildman–Crippen MR) is 104 cm³/mol. The number of carbonyl (C=O) groups excluding carboxylic acids is 2. The lowest BCUT2D eigenvalue weighted by atomic mass is 10.0. The van der Waals surface area contributed by atoms with Crippen LogP contribution in [-0.2, 0) is 9.59 Å². The average molecular weight is 361 g/mol. The first-order chi connectivity index (χ1) is 12.4. The fourth-order valence-corrected chi connectivity index (χ4v) is 3.10. The molecule has 1 fully saturated rings. The number of carbonyl (C=O) groups is 2. The molecule has 0 saturated carbocycles. The van der Waals surface area contributed by atoms with Crippen LogP contribution in [0.1, 0.15) is 18.5 Å². The van der Waals surface area contributed by atoms with Gasteiger partial charge in [0.1, 0.15) is 0 Å².